The van der Waals surface area contributed by atoms with Gasteiger partial charge in [0.1, 0.15) is 12.4 Å². The van der Waals surface area contributed by atoms with E-state index < -0.39 is 0 Å². The summed E-state index contributed by atoms with van der Waals surface area (Å²) in [5.41, 5.74) is 4.69. The summed E-state index contributed by atoms with van der Waals surface area (Å²) in [5.74, 6) is 1.33. The van der Waals surface area contributed by atoms with Gasteiger partial charge in [0.2, 0.25) is 0 Å². The van der Waals surface area contributed by atoms with Crippen molar-refractivity contribution in [1.29, 1.82) is 0 Å². The van der Waals surface area contributed by atoms with Crippen molar-refractivity contribution >= 4 is 28.1 Å². The summed E-state index contributed by atoms with van der Waals surface area (Å²) in [6.45, 7) is 0.354. The lowest BCUT2D eigenvalue weighted by atomic mass is 10.2. The maximum atomic E-state index is 12.6. The number of hydrazone groups is 1. The van der Waals surface area contributed by atoms with Crippen LogP contribution in [-0.2, 0) is 6.61 Å². The minimum Gasteiger partial charge on any atom is -0.493 e. The Kier molecular flexibility index (Phi) is 7.45. The Morgan fingerprint density at radius 2 is 1.70 bits per heavy atom. The molecule has 0 atom stereocenters. The van der Waals surface area contributed by atoms with Crippen molar-refractivity contribution in [3.8, 4) is 17.2 Å². The third kappa shape index (κ3) is 5.61. The van der Waals surface area contributed by atoms with Crippen molar-refractivity contribution in [2.24, 2.45) is 5.10 Å². The fraction of sp³-hybridized carbons (Fsp3) is 0.130. The Balaban J connectivity index is 1.65. The molecular formula is C23H21BrN2O4. The van der Waals surface area contributed by atoms with E-state index in [1.807, 2.05) is 36.4 Å². The van der Waals surface area contributed by atoms with Gasteiger partial charge in [-0.2, -0.15) is 5.10 Å². The van der Waals surface area contributed by atoms with Crippen LogP contribution in [0.2, 0.25) is 0 Å². The van der Waals surface area contributed by atoms with Gasteiger partial charge in [-0.25, -0.2) is 5.43 Å². The summed E-state index contributed by atoms with van der Waals surface area (Å²) in [5, 5.41) is 4.04. The number of hydrogen-bond acceptors (Lipinski definition) is 5. The van der Waals surface area contributed by atoms with Gasteiger partial charge in [-0.05, 0) is 53.6 Å². The van der Waals surface area contributed by atoms with Crippen LogP contribution in [0.15, 0.2) is 76.3 Å². The van der Waals surface area contributed by atoms with E-state index in [4.69, 9.17) is 14.2 Å². The van der Waals surface area contributed by atoms with E-state index in [9.17, 15) is 4.79 Å². The zero-order valence-corrected chi connectivity index (χ0v) is 18.2. The third-order valence-corrected chi connectivity index (χ3v) is 4.76. The predicted molar refractivity (Wildman–Crippen MR) is 120 cm³/mol. The topological polar surface area (TPSA) is 69.2 Å². The van der Waals surface area contributed by atoms with Crippen molar-refractivity contribution in [3.63, 3.8) is 0 Å². The summed E-state index contributed by atoms with van der Waals surface area (Å²) < 4.78 is 17.3. The highest BCUT2D eigenvalue weighted by atomic mass is 79.9. The molecule has 0 unspecified atom stereocenters. The molecule has 0 aliphatic carbocycles. The molecule has 7 heteroatoms. The highest BCUT2D eigenvalue weighted by Gasteiger charge is 2.11. The average Bonchev–Trinajstić information content (AvgIpc) is 2.78. The Labute approximate surface area is 183 Å². The van der Waals surface area contributed by atoms with Gasteiger partial charge in [-0.3, -0.25) is 4.79 Å². The van der Waals surface area contributed by atoms with Crippen molar-refractivity contribution in [2.75, 3.05) is 14.2 Å². The molecular weight excluding hydrogens is 448 g/mol. The first-order chi connectivity index (χ1) is 14.6. The quantitative estimate of drug-likeness (QED) is 0.380. The van der Waals surface area contributed by atoms with E-state index in [2.05, 4.69) is 26.5 Å². The summed E-state index contributed by atoms with van der Waals surface area (Å²) in [4.78, 5) is 12.6. The summed E-state index contributed by atoms with van der Waals surface area (Å²) >= 11 is 3.41. The number of rotatable bonds is 8. The Hall–Kier alpha value is -3.32. The molecule has 0 fully saturated rings. The van der Waals surface area contributed by atoms with Gasteiger partial charge in [0.25, 0.3) is 5.91 Å². The summed E-state index contributed by atoms with van der Waals surface area (Å²) in [6.07, 6.45) is 1.53. The number of hydrogen-bond donors (Lipinski definition) is 1. The molecule has 0 aliphatic heterocycles. The normalized spacial score (nSPS) is 10.6. The summed E-state index contributed by atoms with van der Waals surface area (Å²) in [7, 11) is 3.13. The zero-order chi connectivity index (χ0) is 21.3. The molecule has 3 aromatic carbocycles. The summed E-state index contributed by atoms with van der Waals surface area (Å²) in [6, 6.07) is 20.2. The number of ether oxygens (including phenoxy) is 3. The zero-order valence-electron chi connectivity index (χ0n) is 16.6. The Morgan fingerprint density at radius 1 is 0.967 bits per heavy atom. The second-order valence-corrected chi connectivity index (χ2v) is 7.14. The van der Waals surface area contributed by atoms with Gasteiger partial charge in [-0.15, -0.1) is 0 Å². The van der Waals surface area contributed by atoms with Crippen LogP contribution in [0.1, 0.15) is 21.5 Å². The van der Waals surface area contributed by atoms with Crippen LogP contribution in [0.25, 0.3) is 0 Å². The Morgan fingerprint density at radius 3 is 2.43 bits per heavy atom. The number of para-hydroxylation sites is 1. The van der Waals surface area contributed by atoms with Crippen LogP contribution < -0.4 is 19.6 Å². The lowest BCUT2D eigenvalue weighted by molar-refractivity contribution is 0.0950. The van der Waals surface area contributed by atoms with Gasteiger partial charge >= 0.3 is 0 Å². The Bertz CT molecular complexity index is 1040. The van der Waals surface area contributed by atoms with Gasteiger partial charge < -0.3 is 14.2 Å². The number of amides is 1. The SMILES string of the molecule is COc1ccc(/C=N/NC(=O)c2ccccc2OCc2ccc(Br)cc2)cc1OC. The first-order valence-electron chi connectivity index (χ1n) is 9.12. The fourth-order valence-corrected chi connectivity index (χ4v) is 2.94. The van der Waals surface area contributed by atoms with E-state index in [0.29, 0.717) is 29.4 Å². The molecule has 3 rings (SSSR count). The lowest BCUT2D eigenvalue weighted by Gasteiger charge is -2.10. The second-order valence-electron chi connectivity index (χ2n) is 6.22. The maximum Gasteiger partial charge on any atom is 0.275 e. The molecule has 0 heterocycles. The maximum absolute atomic E-state index is 12.6. The number of methoxy groups -OCH3 is 2. The number of benzene rings is 3. The van der Waals surface area contributed by atoms with E-state index in [0.717, 1.165) is 15.6 Å². The highest BCUT2D eigenvalue weighted by molar-refractivity contribution is 9.10. The number of halogens is 1. The lowest BCUT2D eigenvalue weighted by Crippen LogP contribution is -2.18. The monoisotopic (exact) mass is 468 g/mol. The first kappa shape index (κ1) is 21.4. The van der Waals surface area contributed by atoms with E-state index in [-0.39, 0.29) is 5.91 Å². The second kappa shape index (κ2) is 10.5. The van der Waals surface area contributed by atoms with Crippen LogP contribution in [0.5, 0.6) is 17.2 Å². The molecule has 154 valence electrons. The van der Waals surface area contributed by atoms with Gasteiger partial charge in [-0.1, -0.05) is 40.2 Å². The molecule has 0 aromatic heterocycles. The van der Waals surface area contributed by atoms with Gasteiger partial charge in [0.05, 0.1) is 26.0 Å². The molecule has 1 N–H and O–H groups in total. The molecule has 1 amide bonds. The molecule has 6 nitrogen and oxygen atoms in total. The van der Waals surface area contributed by atoms with Crippen LogP contribution in [-0.4, -0.2) is 26.3 Å². The predicted octanol–water partition coefficient (Wildman–Crippen LogP) is 4.81. The molecule has 0 saturated carbocycles. The number of nitrogens with zero attached hydrogens (tertiary/aromatic N) is 1. The van der Waals surface area contributed by atoms with Crippen LogP contribution >= 0.6 is 15.9 Å². The van der Waals surface area contributed by atoms with Crippen molar-refractivity contribution in [1.82, 2.24) is 5.43 Å². The molecule has 0 radical (unpaired) electrons. The minimum atomic E-state index is -0.363. The average molecular weight is 469 g/mol. The molecule has 0 saturated heterocycles. The van der Waals surface area contributed by atoms with Crippen molar-refractivity contribution < 1.29 is 19.0 Å². The molecule has 0 bridgehead atoms. The minimum absolute atomic E-state index is 0.354. The largest absolute Gasteiger partial charge is 0.493 e. The van der Waals surface area contributed by atoms with Crippen molar-refractivity contribution in [3.05, 3.63) is 87.9 Å². The molecule has 0 aliphatic rings. The van der Waals surface area contributed by atoms with E-state index >= 15 is 0 Å². The van der Waals surface area contributed by atoms with E-state index in [1.165, 1.54) is 6.21 Å². The smallest absolute Gasteiger partial charge is 0.275 e. The molecule has 0 spiro atoms. The van der Waals surface area contributed by atoms with Crippen LogP contribution in [0.4, 0.5) is 0 Å². The van der Waals surface area contributed by atoms with E-state index in [1.54, 1.807) is 44.6 Å². The van der Waals surface area contributed by atoms with Gasteiger partial charge in [0, 0.05) is 4.47 Å². The van der Waals surface area contributed by atoms with Gasteiger partial charge in [0.15, 0.2) is 11.5 Å². The number of nitrogens with one attached hydrogen (secondary N) is 1. The van der Waals surface area contributed by atoms with Crippen LogP contribution in [0, 0.1) is 0 Å². The third-order valence-electron chi connectivity index (χ3n) is 4.23. The number of carbonyl (C=O) groups excluding carboxylic acids is 1. The molecule has 3 aromatic rings. The highest BCUT2D eigenvalue weighted by Crippen LogP contribution is 2.27. The number of carbonyl (C=O) groups is 1. The molecule has 30 heavy (non-hydrogen) atoms. The first-order valence-corrected chi connectivity index (χ1v) is 9.91. The van der Waals surface area contributed by atoms with Crippen molar-refractivity contribution in [2.45, 2.75) is 6.61 Å². The standard InChI is InChI=1S/C23H21BrN2O4/c1-28-21-12-9-17(13-22(21)29-2)14-25-26-23(27)19-5-3-4-6-20(19)30-15-16-7-10-18(24)11-8-16/h3-14H,15H2,1-2H3,(H,26,27)/b25-14+. The fourth-order valence-electron chi connectivity index (χ4n) is 2.68. The van der Waals surface area contributed by atoms with Crippen LogP contribution in [0.3, 0.4) is 0 Å².